The van der Waals surface area contributed by atoms with Gasteiger partial charge < -0.3 is 0 Å². The highest BCUT2D eigenvalue weighted by Gasteiger charge is 2.30. The minimum absolute atomic E-state index is 0.0404. The second-order valence-corrected chi connectivity index (χ2v) is 5.60. The van der Waals surface area contributed by atoms with Crippen LogP contribution in [0.2, 0.25) is 0 Å². The first-order valence-corrected chi connectivity index (χ1v) is 7.56. The fraction of sp³-hybridized carbons (Fsp3) is 0.167. The molecule has 24 heavy (non-hydrogen) atoms. The van der Waals surface area contributed by atoms with Crippen LogP contribution in [0.5, 0.6) is 0 Å². The highest BCUT2D eigenvalue weighted by atomic mass is 19.1. The summed E-state index contributed by atoms with van der Waals surface area (Å²) in [6.07, 6.45) is 1.64. The van der Waals surface area contributed by atoms with E-state index in [1.807, 2.05) is 0 Å². The Labute approximate surface area is 137 Å². The number of carbonyl (C=O) groups excluding carboxylic acids is 3. The Morgan fingerprint density at radius 1 is 0.875 bits per heavy atom. The van der Waals surface area contributed by atoms with E-state index >= 15 is 0 Å². The van der Waals surface area contributed by atoms with Gasteiger partial charge in [0.15, 0.2) is 5.78 Å². The average Bonchev–Trinajstić information content (AvgIpc) is 3.44. The maximum absolute atomic E-state index is 13.0. The minimum atomic E-state index is -0.574. The largest absolute Gasteiger partial charge is 0.289 e. The van der Waals surface area contributed by atoms with Crippen molar-refractivity contribution in [2.75, 3.05) is 0 Å². The first kappa shape index (κ1) is 15.9. The SMILES string of the molecule is O=C(NNC(=O)C1CC1)c1ccccc1C(=O)c1ccc(F)cc1. The fourth-order valence-corrected chi connectivity index (χ4v) is 2.27. The molecule has 5 nitrogen and oxygen atoms in total. The molecule has 0 aliphatic heterocycles. The smallest absolute Gasteiger partial charge is 0.270 e. The molecule has 0 unspecified atom stereocenters. The highest BCUT2D eigenvalue weighted by Crippen LogP contribution is 2.28. The quantitative estimate of drug-likeness (QED) is 0.668. The van der Waals surface area contributed by atoms with E-state index in [1.165, 1.54) is 36.4 Å². The number of benzene rings is 2. The van der Waals surface area contributed by atoms with Gasteiger partial charge in [-0.05, 0) is 43.2 Å². The van der Waals surface area contributed by atoms with Gasteiger partial charge in [0, 0.05) is 17.0 Å². The molecule has 1 saturated carbocycles. The summed E-state index contributed by atoms with van der Waals surface area (Å²) in [7, 11) is 0. The number of ketones is 1. The maximum Gasteiger partial charge on any atom is 0.270 e. The lowest BCUT2D eigenvalue weighted by Gasteiger charge is -2.10. The van der Waals surface area contributed by atoms with Crippen LogP contribution in [-0.4, -0.2) is 17.6 Å². The standard InChI is InChI=1S/C18H15FN2O3/c19-13-9-7-11(8-10-13)16(22)14-3-1-2-4-15(14)18(24)21-20-17(23)12-5-6-12/h1-4,7-10,12H,5-6H2,(H,20,23)(H,21,24). The Morgan fingerprint density at radius 3 is 2.12 bits per heavy atom. The van der Waals surface area contributed by atoms with Gasteiger partial charge in [0.1, 0.15) is 5.82 Å². The van der Waals surface area contributed by atoms with Crippen LogP contribution in [0.4, 0.5) is 4.39 Å². The zero-order valence-electron chi connectivity index (χ0n) is 12.7. The molecule has 0 aromatic heterocycles. The van der Waals surface area contributed by atoms with Gasteiger partial charge in [-0.3, -0.25) is 25.2 Å². The molecule has 3 rings (SSSR count). The van der Waals surface area contributed by atoms with E-state index in [1.54, 1.807) is 12.1 Å². The van der Waals surface area contributed by atoms with E-state index in [-0.39, 0.29) is 28.5 Å². The number of nitrogens with one attached hydrogen (secondary N) is 2. The molecule has 2 aromatic rings. The zero-order chi connectivity index (χ0) is 17.1. The lowest BCUT2D eigenvalue weighted by molar-refractivity contribution is -0.123. The summed E-state index contributed by atoms with van der Waals surface area (Å²) in [5.41, 5.74) is 5.28. The summed E-state index contributed by atoms with van der Waals surface area (Å²) >= 11 is 0. The Balaban J connectivity index is 1.78. The van der Waals surface area contributed by atoms with Crippen LogP contribution in [0.15, 0.2) is 48.5 Å². The molecule has 6 heteroatoms. The number of hydrogen-bond acceptors (Lipinski definition) is 3. The van der Waals surface area contributed by atoms with Gasteiger partial charge in [-0.15, -0.1) is 0 Å². The summed E-state index contributed by atoms with van der Waals surface area (Å²) in [4.78, 5) is 36.4. The van der Waals surface area contributed by atoms with Crippen molar-refractivity contribution in [2.45, 2.75) is 12.8 Å². The van der Waals surface area contributed by atoms with Gasteiger partial charge in [-0.2, -0.15) is 0 Å². The molecule has 0 radical (unpaired) electrons. The Hall–Kier alpha value is -3.02. The van der Waals surface area contributed by atoms with Crippen molar-refractivity contribution >= 4 is 17.6 Å². The van der Waals surface area contributed by atoms with Gasteiger partial charge in [0.2, 0.25) is 5.91 Å². The molecule has 0 heterocycles. The molecule has 2 amide bonds. The Kier molecular flexibility index (Phi) is 4.37. The van der Waals surface area contributed by atoms with Gasteiger partial charge in [-0.1, -0.05) is 18.2 Å². The molecular formula is C18H15FN2O3. The average molecular weight is 326 g/mol. The van der Waals surface area contributed by atoms with Gasteiger partial charge in [-0.25, -0.2) is 4.39 Å². The van der Waals surface area contributed by atoms with Crippen molar-refractivity contribution in [3.8, 4) is 0 Å². The number of hydrazine groups is 1. The predicted octanol–water partition coefficient (Wildman–Crippen LogP) is 2.23. The normalized spacial score (nSPS) is 13.2. The van der Waals surface area contributed by atoms with Crippen molar-refractivity contribution in [3.05, 3.63) is 71.0 Å². The van der Waals surface area contributed by atoms with Crippen molar-refractivity contribution in [1.82, 2.24) is 10.9 Å². The van der Waals surface area contributed by atoms with Crippen molar-refractivity contribution < 1.29 is 18.8 Å². The number of amides is 2. The van der Waals surface area contributed by atoms with E-state index < -0.39 is 17.5 Å². The maximum atomic E-state index is 13.0. The van der Waals surface area contributed by atoms with E-state index in [0.717, 1.165) is 12.8 Å². The summed E-state index contributed by atoms with van der Waals surface area (Å²) in [5, 5.41) is 0. The number of rotatable bonds is 4. The lowest BCUT2D eigenvalue weighted by Crippen LogP contribution is -2.42. The molecule has 2 N–H and O–H groups in total. The Bertz CT molecular complexity index is 798. The summed E-state index contributed by atoms with van der Waals surface area (Å²) < 4.78 is 13.0. The highest BCUT2D eigenvalue weighted by molar-refractivity contribution is 6.15. The topological polar surface area (TPSA) is 75.3 Å². The van der Waals surface area contributed by atoms with Crippen LogP contribution < -0.4 is 10.9 Å². The van der Waals surface area contributed by atoms with E-state index in [2.05, 4.69) is 10.9 Å². The number of carbonyl (C=O) groups is 3. The Morgan fingerprint density at radius 2 is 1.50 bits per heavy atom. The monoisotopic (exact) mass is 326 g/mol. The van der Waals surface area contributed by atoms with Crippen LogP contribution in [0.1, 0.15) is 39.1 Å². The van der Waals surface area contributed by atoms with Crippen LogP contribution in [0, 0.1) is 11.7 Å². The first-order valence-electron chi connectivity index (χ1n) is 7.56. The third kappa shape index (κ3) is 3.48. The number of hydrogen-bond donors (Lipinski definition) is 2. The molecule has 122 valence electrons. The second kappa shape index (κ2) is 6.62. The van der Waals surface area contributed by atoms with Crippen molar-refractivity contribution in [1.29, 1.82) is 0 Å². The van der Waals surface area contributed by atoms with E-state index in [0.29, 0.717) is 0 Å². The second-order valence-electron chi connectivity index (χ2n) is 5.60. The van der Waals surface area contributed by atoms with Crippen molar-refractivity contribution in [3.63, 3.8) is 0 Å². The molecule has 2 aromatic carbocycles. The van der Waals surface area contributed by atoms with Crippen LogP contribution in [-0.2, 0) is 4.79 Å². The molecule has 0 spiro atoms. The third-order valence-corrected chi connectivity index (χ3v) is 3.77. The van der Waals surface area contributed by atoms with Gasteiger partial charge in [0.25, 0.3) is 5.91 Å². The van der Waals surface area contributed by atoms with Crippen LogP contribution in [0.3, 0.4) is 0 Å². The van der Waals surface area contributed by atoms with E-state index in [4.69, 9.17) is 0 Å². The van der Waals surface area contributed by atoms with Crippen molar-refractivity contribution in [2.24, 2.45) is 5.92 Å². The third-order valence-electron chi connectivity index (χ3n) is 3.77. The summed E-state index contributed by atoms with van der Waals surface area (Å²) in [6.45, 7) is 0. The fourth-order valence-electron chi connectivity index (χ4n) is 2.27. The summed E-state index contributed by atoms with van der Waals surface area (Å²) in [6, 6.07) is 11.4. The van der Waals surface area contributed by atoms with Crippen LogP contribution >= 0.6 is 0 Å². The zero-order valence-corrected chi connectivity index (χ0v) is 12.7. The molecular weight excluding hydrogens is 311 g/mol. The number of halogens is 1. The molecule has 0 saturated heterocycles. The minimum Gasteiger partial charge on any atom is -0.289 e. The lowest BCUT2D eigenvalue weighted by atomic mass is 9.98. The molecule has 1 aliphatic carbocycles. The molecule has 0 bridgehead atoms. The first-order chi connectivity index (χ1) is 11.6. The molecule has 0 atom stereocenters. The van der Waals surface area contributed by atoms with Gasteiger partial charge in [0.05, 0.1) is 5.56 Å². The van der Waals surface area contributed by atoms with Crippen LogP contribution in [0.25, 0.3) is 0 Å². The molecule has 1 aliphatic rings. The predicted molar refractivity (Wildman–Crippen MR) is 84.6 cm³/mol. The van der Waals surface area contributed by atoms with Gasteiger partial charge >= 0.3 is 0 Å². The molecule has 1 fully saturated rings. The van der Waals surface area contributed by atoms with E-state index in [9.17, 15) is 18.8 Å². The summed E-state index contributed by atoms with van der Waals surface area (Å²) in [5.74, 6) is -1.68.